The lowest BCUT2D eigenvalue weighted by Gasteiger charge is -2.13. The Morgan fingerprint density at radius 1 is 1.04 bits per heavy atom. The number of halogens is 1. The molecule has 0 aliphatic heterocycles. The van der Waals surface area contributed by atoms with Gasteiger partial charge in [-0.1, -0.05) is 24.3 Å². The number of carbonyl (C=O) groups is 1. The maximum Gasteiger partial charge on any atom is 0.287 e. The zero-order valence-electron chi connectivity index (χ0n) is 14.8. The number of sulfone groups is 1. The van der Waals surface area contributed by atoms with Crippen molar-refractivity contribution in [1.29, 1.82) is 0 Å². The third-order valence-electron chi connectivity index (χ3n) is 4.12. The van der Waals surface area contributed by atoms with E-state index in [1.54, 1.807) is 43.3 Å². The number of amides is 1. The number of furan rings is 1. The first-order valence-corrected chi connectivity index (χ1v) is 10.1. The molecule has 3 rings (SSSR count). The second-order valence-electron chi connectivity index (χ2n) is 6.18. The predicted molar refractivity (Wildman–Crippen MR) is 99.5 cm³/mol. The maximum absolute atomic E-state index is 13.8. The predicted octanol–water partition coefficient (Wildman–Crippen LogP) is 3.98. The van der Waals surface area contributed by atoms with Crippen LogP contribution in [0.1, 0.15) is 29.1 Å². The Morgan fingerprint density at radius 3 is 2.33 bits per heavy atom. The van der Waals surface area contributed by atoms with Gasteiger partial charge in [-0.05, 0) is 48.9 Å². The summed E-state index contributed by atoms with van der Waals surface area (Å²) in [5, 5.41) is 2.77. The van der Waals surface area contributed by atoms with Crippen LogP contribution in [-0.2, 0) is 9.84 Å². The minimum atomic E-state index is -3.27. The number of nitrogens with one attached hydrogen (secondary N) is 1. The van der Waals surface area contributed by atoms with Crippen molar-refractivity contribution in [2.75, 3.05) is 6.26 Å². The van der Waals surface area contributed by atoms with Crippen molar-refractivity contribution >= 4 is 15.7 Å². The second kappa shape index (κ2) is 7.36. The Kier molecular flexibility index (Phi) is 5.14. The van der Waals surface area contributed by atoms with E-state index in [1.807, 2.05) is 0 Å². The molecule has 1 aromatic heterocycles. The van der Waals surface area contributed by atoms with Crippen molar-refractivity contribution in [1.82, 2.24) is 5.32 Å². The summed E-state index contributed by atoms with van der Waals surface area (Å²) in [6.45, 7) is 1.77. The molecule has 2 aromatic carbocycles. The zero-order chi connectivity index (χ0) is 19.6. The summed E-state index contributed by atoms with van der Waals surface area (Å²) >= 11 is 0. The molecule has 140 valence electrons. The van der Waals surface area contributed by atoms with Crippen LogP contribution < -0.4 is 5.32 Å². The molecular weight excluding hydrogens is 369 g/mol. The van der Waals surface area contributed by atoms with Crippen molar-refractivity contribution in [3.05, 3.63) is 77.8 Å². The summed E-state index contributed by atoms with van der Waals surface area (Å²) in [6, 6.07) is 15.1. The van der Waals surface area contributed by atoms with Gasteiger partial charge in [-0.3, -0.25) is 4.79 Å². The van der Waals surface area contributed by atoms with Gasteiger partial charge in [0.05, 0.1) is 16.5 Å². The van der Waals surface area contributed by atoms with Gasteiger partial charge in [0.1, 0.15) is 11.6 Å². The van der Waals surface area contributed by atoms with Gasteiger partial charge < -0.3 is 9.73 Å². The van der Waals surface area contributed by atoms with Crippen molar-refractivity contribution in [3.63, 3.8) is 0 Å². The van der Waals surface area contributed by atoms with Crippen LogP contribution in [0.4, 0.5) is 4.39 Å². The molecule has 0 radical (unpaired) electrons. The molecule has 1 atom stereocenters. The number of hydrogen-bond donors (Lipinski definition) is 1. The van der Waals surface area contributed by atoms with Gasteiger partial charge in [0, 0.05) is 6.26 Å². The van der Waals surface area contributed by atoms with E-state index in [0.717, 1.165) is 11.8 Å². The van der Waals surface area contributed by atoms with E-state index in [-0.39, 0.29) is 28.0 Å². The second-order valence-corrected chi connectivity index (χ2v) is 8.20. The molecule has 1 unspecified atom stereocenters. The van der Waals surface area contributed by atoms with Crippen molar-refractivity contribution in [2.45, 2.75) is 17.9 Å². The van der Waals surface area contributed by atoms with Gasteiger partial charge in [-0.25, -0.2) is 12.8 Å². The molecule has 0 bridgehead atoms. The molecule has 0 saturated carbocycles. The van der Waals surface area contributed by atoms with E-state index < -0.39 is 21.6 Å². The Morgan fingerprint density at radius 2 is 1.70 bits per heavy atom. The molecule has 1 heterocycles. The zero-order valence-corrected chi connectivity index (χ0v) is 15.6. The molecule has 1 N–H and O–H groups in total. The van der Waals surface area contributed by atoms with E-state index in [0.29, 0.717) is 0 Å². The van der Waals surface area contributed by atoms with E-state index in [1.165, 1.54) is 24.3 Å². The Bertz CT molecular complexity index is 1070. The average molecular weight is 387 g/mol. The van der Waals surface area contributed by atoms with E-state index in [4.69, 9.17) is 4.42 Å². The van der Waals surface area contributed by atoms with Gasteiger partial charge in [-0.2, -0.15) is 0 Å². The minimum Gasteiger partial charge on any atom is -0.451 e. The molecule has 1 amide bonds. The molecule has 0 spiro atoms. The summed E-state index contributed by atoms with van der Waals surface area (Å²) in [7, 11) is -3.27. The van der Waals surface area contributed by atoms with Gasteiger partial charge in [0.2, 0.25) is 0 Å². The van der Waals surface area contributed by atoms with Crippen molar-refractivity contribution in [2.24, 2.45) is 0 Å². The minimum absolute atomic E-state index is 0.0628. The van der Waals surface area contributed by atoms with Crippen LogP contribution in [0.2, 0.25) is 0 Å². The fraction of sp³-hybridized carbons (Fsp3) is 0.150. The monoisotopic (exact) mass is 387 g/mol. The van der Waals surface area contributed by atoms with Gasteiger partial charge in [0.25, 0.3) is 5.91 Å². The van der Waals surface area contributed by atoms with Crippen LogP contribution in [0.15, 0.2) is 70.0 Å². The van der Waals surface area contributed by atoms with Gasteiger partial charge in [-0.15, -0.1) is 0 Å². The van der Waals surface area contributed by atoms with Crippen LogP contribution in [-0.4, -0.2) is 20.6 Å². The standard InChI is InChI=1S/C20H18FNO4S/c1-13(14-7-9-15(10-8-14)27(2,24)25)22-20(23)19-12-11-18(26-19)16-5-3-4-6-17(16)21/h3-13H,1-2H3,(H,22,23). The Balaban J connectivity index is 1.73. The van der Waals surface area contributed by atoms with Crippen molar-refractivity contribution in [3.8, 4) is 11.3 Å². The summed E-state index contributed by atoms with van der Waals surface area (Å²) in [5.74, 6) is -0.549. The Labute approximate surface area is 156 Å². The number of rotatable bonds is 5. The molecule has 0 saturated heterocycles. The molecule has 27 heavy (non-hydrogen) atoms. The molecule has 0 aliphatic carbocycles. The molecular formula is C20H18FNO4S. The highest BCUT2D eigenvalue weighted by atomic mass is 32.2. The summed E-state index contributed by atoms with van der Waals surface area (Å²) in [4.78, 5) is 12.6. The lowest BCUT2D eigenvalue weighted by atomic mass is 10.1. The molecule has 0 aliphatic rings. The van der Waals surface area contributed by atoms with Crippen LogP contribution in [0.3, 0.4) is 0 Å². The summed E-state index contributed by atoms with van der Waals surface area (Å²) < 4.78 is 42.3. The summed E-state index contributed by atoms with van der Waals surface area (Å²) in [5.41, 5.74) is 1.03. The topological polar surface area (TPSA) is 76.4 Å². The van der Waals surface area contributed by atoms with E-state index in [9.17, 15) is 17.6 Å². The first kappa shape index (κ1) is 18.8. The summed E-state index contributed by atoms with van der Waals surface area (Å²) in [6.07, 6.45) is 1.14. The Hall–Kier alpha value is -2.93. The lowest BCUT2D eigenvalue weighted by Crippen LogP contribution is -2.26. The fourth-order valence-electron chi connectivity index (χ4n) is 2.62. The molecule has 3 aromatic rings. The number of hydrogen-bond acceptors (Lipinski definition) is 4. The molecule has 0 fully saturated rings. The van der Waals surface area contributed by atoms with Gasteiger partial charge in [0.15, 0.2) is 15.6 Å². The third-order valence-corrected chi connectivity index (χ3v) is 5.25. The van der Waals surface area contributed by atoms with Crippen LogP contribution in [0, 0.1) is 5.82 Å². The van der Waals surface area contributed by atoms with Gasteiger partial charge >= 0.3 is 0 Å². The van der Waals surface area contributed by atoms with Crippen LogP contribution >= 0.6 is 0 Å². The van der Waals surface area contributed by atoms with E-state index in [2.05, 4.69) is 5.32 Å². The van der Waals surface area contributed by atoms with Crippen LogP contribution in [0.25, 0.3) is 11.3 Å². The molecule has 5 nitrogen and oxygen atoms in total. The number of benzene rings is 2. The average Bonchev–Trinajstić information content (AvgIpc) is 3.11. The number of carbonyl (C=O) groups excluding carboxylic acids is 1. The van der Waals surface area contributed by atoms with Crippen LogP contribution in [0.5, 0.6) is 0 Å². The normalized spacial score (nSPS) is 12.6. The maximum atomic E-state index is 13.8. The molecule has 7 heteroatoms. The smallest absolute Gasteiger partial charge is 0.287 e. The highest BCUT2D eigenvalue weighted by Gasteiger charge is 2.17. The third kappa shape index (κ3) is 4.25. The first-order valence-electron chi connectivity index (χ1n) is 8.21. The van der Waals surface area contributed by atoms with E-state index >= 15 is 0 Å². The SMILES string of the molecule is CC(NC(=O)c1ccc(-c2ccccc2F)o1)c1ccc(S(C)(=O)=O)cc1. The highest BCUT2D eigenvalue weighted by molar-refractivity contribution is 7.90. The first-order chi connectivity index (χ1) is 12.8. The quantitative estimate of drug-likeness (QED) is 0.718. The lowest BCUT2D eigenvalue weighted by molar-refractivity contribution is 0.0912. The highest BCUT2D eigenvalue weighted by Crippen LogP contribution is 2.25. The fourth-order valence-corrected chi connectivity index (χ4v) is 3.25. The van der Waals surface area contributed by atoms with Crippen molar-refractivity contribution < 1.29 is 22.0 Å². The largest absolute Gasteiger partial charge is 0.451 e.